The molecule has 182 valence electrons. The SMILES string of the molecule is COc1ccc(Cc2c(C)nc(C)nc2N2CCN(C(=O)c3ccc(C)c([N+](=O)[O-])c3)CC2)cc1. The molecule has 0 radical (unpaired) electrons. The number of benzene rings is 2. The number of piperazine rings is 1. The first-order chi connectivity index (χ1) is 16.8. The van der Waals surface area contributed by atoms with Crippen molar-refractivity contribution in [1.29, 1.82) is 0 Å². The highest BCUT2D eigenvalue weighted by Crippen LogP contribution is 2.27. The Bertz CT molecular complexity index is 1250. The Morgan fingerprint density at radius 2 is 1.71 bits per heavy atom. The summed E-state index contributed by atoms with van der Waals surface area (Å²) in [6, 6.07) is 12.6. The highest BCUT2D eigenvalue weighted by atomic mass is 16.6. The zero-order valence-corrected chi connectivity index (χ0v) is 20.4. The van der Waals surface area contributed by atoms with Gasteiger partial charge in [0.1, 0.15) is 17.4 Å². The zero-order valence-electron chi connectivity index (χ0n) is 20.4. The Kier molecular flexibility index (Phi) is 6.95. The molecule has 1 saturated heterocycles. The third-order valence-corrected chi connectivity index (χ3v) is 6.36. The summed E-state index contributed by atoms with van der Waals surface area (Å²) in [7, 11) is 1.65. The number of methoxy groups -OCH3 is 1. The number of nitrogens with zero attached hydrogens (tertiary/aromatic N) is 5. The minimum absolute atomic E-state index is 0.0374. The summed E-state index contributed by atoms with van der Waals surface area (Å²) in [5, 5.41) is 11.3. The monoisotopic (exact) mass is 475 g/mol. The van der Waals surface area contributed by atoms with Gasteiger partial charge in [-0.05, 0) is 44.5 Å². The molecule has 1 amide bonds. The number of aromatic nitrogens is 2. The van der Waals surface area contributed by atoms with Gasteiger partial charge >= 0.3 is 0 Å². The number of nitro groups is 1. The minimum Gasteiger partial charge on any atom is -0.497 e. The fourth-order valence-corrected chi connectivity index (χ4v) is 4.38. The van der Waals surface area contributed by atoms with Crippen LogP contribution in [0.3, 0.4) is 0 Å². The van der Waals surface area contributed by atoms with E-state index in [0.717, 1.165) is 28.4 Å². The summed E-state index contributed by atoms with van der Waals surface area (Å²) in [5.74, 6) is 2.22. The van der Waals surface area contributed by atoms with Crippen LogP contribution in [0.1, 0.15) is 38.6 Å². The molecule has 0 spiro atoms. The largest absolute Gasteiger partial charge is 0.497 e. The Balaban J connectivity index is 1.51. The van der Waals surface area contributed by atoms with Crippen molar-refractivity contribution in [3.63, 3.8) is 0 Å². The van der Waals surface area contributed by atoms with E-state index in [2.05, 4.69) is 9.88 Å². The van der Waals surface area contributed by atoms with Crippen LogP contribution in [-0.2, 0) is 6.42 Å². The molecule has 0 saturated carbocycles. The first-order valence-electron chi connectivity index (χ1n) is 11.5. The second-order valence-corrected chi connectivity index (χ2v) is 8.72. The van der Waals surface area contributed by atoms with E-state index >= 15 is 0 Å². The second-order valence-electron chi connectivity index (χ2n) is 8.72. The molecule has 0 aliphatic carbocycles. The first-order valence-corrected chi connectivity index (χ1v) is 11.5. The van der Waals surface area contributed by atoms with E-state index in [1.807, 2.05) is 38.1 Å². The average molecular weight is 476 g/mol. The maximum atomic E-state index is 13.0. The van der Waals surface area contributed by atoms with E-state index in [9.17, 15) is 14.9 Å². The second kappa shape index (κ2) is 10.1. The highest BCUT2D eigenvalue weighted by Gasteiger charge is 2.26. The van der Waals surface area contributed by atoms with Gasteiger partial charge in [-0.15, -0.1) is 0 Å². The summed E-state index contributed by atoms with van der Waals surface area (Å²) in [5.41, 5.74) is 3.98. The molecule has 0 unspecified atom stereocenters. The van der Waals surface area contributed by atoms with Crippen LogP contribution in [-0.4, -0.2) is 59.0 Å². The van der Waals surface area contributed by atoms with Crippen molar-refractivity contribution in [3.8, 4) is 5.75 Å². The lowest BCUT2D eigenvalue weighted by Gasteiger charge is -2.36. The molecule has 1 aliphatic rings. The fraction of sp³-hybridized carbons (Fsp3) is 0.346. The van der Waals surface area contributed by atoms with Gasteiger partial charge in [-0.3, -0.25) is 14.9 Å². The molecule has 1 fully saturated rings. The van der Waals surface area contributed by atoms with Crippen molar-refractivity contribution in [1.82, 2.24) is 14.9 Å². The fourth-order valence-electron chi connectivity index (χ4n) is 4.38. The summed E-state index contributed by atoms with van der Waals surface area (Å²) < 4.78 is 5.26. The molecular formula is C26H29N5O4. The number of nitro benzene ring substituents is 1. The molecule has 2 aromatic carbocycles. The standard InChI is InChI=1S/C26H29N5O4/c1-17-5-8-21(16-24(17)31(33)34)26(32)30-13-11-29(12-14-30)25-23(18(2)27-19(3)28-25)15-20-6-9-22(35-4)10-7-20/h5-10,16H,11-15H2,1-4H3. The predicted molar refractivity (Wildman–Crippen MR) is 133 cm³/mol. The number of amides is 1. The van der Waals surface area contributed by atoms with E-state index < -0.39 is 4.92 Å². The van der Waals surface area contributed by atoms with E-state index in [0.29, 0.717) is 49.6 Å². The van der Waals surface area contributed by atoms with Crippen molar-refractivity contribution < 1.29 is 14.5 Å². The summed E-state index contributed by atoms with van der Waals surface area (Å²) in [4.78, 5) is 37.2. The zero-order chi connectivity index (χ0) is 25.1. The van der Waals surface area contributed by atoms with Gasteiger partial charge in [0.15, 0.2) is 0 Å². The van der Waals surface area contributed by atoms with Gasteiger partial charge in [-0.1, -0.05) is 18.2 Å². The van der Waals surface area contributed by atoms with Crippen LogP contribution in [0.5, 0.6) is 5.75 Å². The average Bonchev–Trinajstić information content (AvgIpc) is 2.85. The van der Waals surface area contributed by atoms with Gasteiger partial charge in [0, 0.05) is 61.1 Å². The normalized spacial score (nSPS) is 13.6. The molecule has 0 bridgehead atoms. The van der Waals surface area contributed by atoms with Crippen LogP contribution < -0.4 is 9.64 Å². The van der Waals surface area contributed by atoms with Crippen LogP contribution in [0.4, 0.5) is 11.5 Å². The smallest absolute Gasteiger partial charge is 0.273 e. The van der Waals surface area contributed by atoms with E-state index in [1.165, 1.54) is 6.07 Å². The van der Waals surface area contributed by atoms with Gasteiger partial charge in [0.2, 0.25) is 0 Å². The summed E-state index contributed by atoms with van der Waals surface area (Å²) in [6.45, 7) is 7.80. The lowest BCUT2D eigenvalue weighted by Crippen LogP contribution is -2.49. The van der Waals surface area contributed by atoms with E-state index in [4.69, 9.17) is 9.72 Å². The van der Waals surface area contributed by atoms with E-state index in [-0.39, 0.29) is 11.6 Å². The molecule has 3 aromatic rings. The molecule has 0 atom stereocenters. The number of hydrogen-bond acceptors (Lipinski definition) is 7. The summed E-state index contributed by atoms with van der Waals surface area (Å²) in [6.07, 6.45) is 0.692. The number of carbonyl (C=O) groups is 1. The van der Waals surface area contributed by atoms with Gasteiger partial charge in [0.25, 0.3) is 11.6 Å². The third-order valence-electron chi connectivity index (χ3n) is 6.36. The quantitative estimate of drug-likeness (QED) is 0.394. The molecule has 0 N–H and O–H groups in total. The predicted octanol–water partition coefficient (Wildman–Crippen LogP) is 3.87. The van der Waals surface area contributed by atoms with Crippen molar-refractivity contribution in [2.45, 2.75) is 27.2 Å². The number of anilines is 1. The Morgan fingerprint density at radius 1 is 1.03 bits per heavy atom. The number of hydrogen-bond donors (Lipinski definition) is 0. The Hall–Kier alpha value is -4.01. The van der Waals surface area contributed by atoms with Crippen LogP contribution in [0.15, 0.2) is 42.5 Å². The van der Waals surface area contributed by atoms with Crippen molar-refractivity contribution >= 4 is 17.4 Å². The topological polar surface area (TPSA) is 102 Å². The molecule has 9 heteroatoms. The maximum absolute atomic E-state index is 13.0. The molecule has 1 aromatic heterocycles. The van der Waals surface area contributed by atoms with Crippen molar-refractivity contribution in [3.05, 3.63) is 86.4 Å². The lowest BCUT2D eigenvalue weighted by molar-refractivity contribution is -0.385. The van der Waals surface area contributed by atoms with Crippen molar-refractivity contribution in [2.24, 2.45) is 0 Å². The lowest BCUT2D eigenvalue weighted by atomic mass is 10.0. The molecule has 35 heavy (non-hydrogen) atoms. The molecule has 1 aliphatic heterocycles. The summed E-state index contributed by atoms with van der Waals surface area (Å²) >= 11 is 0. The van der Waals surface area contributed by atoms with Crippen LogP contribution in [0.2, 0.25) is 0 Å². The van der Waals surface area contributed by atoms with Crippen LogP contribution >= 0.6 is 0 Å². The third kappa shape index (κ3) is 5.24. The van der Waals surface area contributed by atoms with E-state index in [1.54, 1.807) is 31.1 Å². The van der Waals surface area contributed by atoms with Crippen LogP contribution in [0, 0.1) is 30.9 Å². The Morgan fingerprint density at radius 3 is 2.34 bits per heavy atom. The van der Waals surface area contributed by atoms with Crippen LogP contribution in [0.25, 0.3) is 0 Å². The molecular weight excluding hydrogens is 446 g/mol. The van der Waals surface area contributed by atoms with Gasteiger partial charge in [-0.2, -0.15) is 0 Å². The number of ether oxygens (including phenoxy) is 1. The number of carbonyl (C=O) groups excluding carboxylic acids is 1. The van der Waals surface area contributed by atoms with Gasteiger partial charge in [-0.25, -0.2) is 9.97 Å². The van der Waals surface area contributed by atoms with Gasteiger partial charge < -0.3 is 14.5 Å². The first kappa shape index (κ1) is 24.1. The number of aryl methyl sites for hydroxylation is 3. The maximum Gasteiger partial charge on any atom is 0.273 e. The minimum atomic E-state index is -0.450. The highest BCUT2D eigenvalue weighted by molar-refractivity contribution is 5.95. The molecule has 9 nitrogen and oxygen atoms in total. The molecule has 2 heterocycles. The van der Waals surface area contributed by atoms with Gasteiger partial charge in [0.05, 0.1) is 12.0 Å². The van der Waals surface area contributed by atoms with Crippen molar-refractivity contribution in [2.75, 3.05) is 38.2 Å². The number of rotatable bonds is 6. The Labute approximate surface area is 204 Å². The molecule has 4 rings (SSSR count).